The number of benzene rings is 2. The summed E-state index contributed by atoms with van der Waals surface area (Å²) in [6.07, 6.45) is 1.68. The van der Waals surface area contributed by atoms with Gasteiger partial charge in [-0.3, -0.25) is 4.79 Å². The van der Waals surface area contributed by atoms with Crippen LogP contribution in [-0.2, 0) is 11.2 Å². The van der Waals surface area contributed by atoms with Crippen molar-refractivity contribution in [3.8, 4) is 16.9 Å². The Morgan fingerprint density at radius 2 is 1.86 bits per heavy atom. The second-order valence-electron chi connectivity index (χ2n) is 6.61. The number of furan rings is 1. The molecule has 0 saturated carbocycles. The number of rotatable bonds is 5. The van der Waals surface area contributed by atoms with E-state index in [9.17, 15) is 9.59 Å². The molecule has 0 fully saturated rings. The highest BCUT2D eigenvalue weighted by Crippen LogP contribution is 2.35. The monoisotopic (exact) mass is 378 g/mol. The van der Waals surface area contributed by atoms with Crippen LogP contribution in [0.25, 0.3) is 33.1 Å². The van der Waals surface area contributed by atoms with Crippen molar-refractivity contribution in [2.45, 2.75) is 19.8 Å². The summed E-state index contributed by atoms with van der Waals surface area (Å²) in [6.45, 7) is 1.81. The summed E-state index contributed by atoms with van der Waals surface area (Å²) in [7, 11) is 1.62. The van der Waals surface area contributed by atoms with E-state index in [1.165, 1.54) is 0 Å². The molecule has 0 aliphatic carbocycles. The lowest BCUT2D eigenvalue weighted by atomic mass is 9.99. The van der Waals surface area contributed by atoms with E-state index in [2.05, 4.69) is 0 Å². The molecule has 0 bridgehead atoms. The molecule has 0 aliphatic rings. The van der Waals surface area contributed by atoms with E-state index in [1.54, 1.807) is 19.4 Å². The summed E-state index contributed by atoms with van der Waals surface area (Å²) < 4.78 is 16.3. The van der Waals surface area contributed by atoms with Crippen LogP contribution in [0.5, 0.6) is 5.75 Å². The molecule has 0 saturated heterocycles. The Morgan fingerprint density at radius 1 is 1.11 bits per heavy atom. The van der Waals surface area contributed by atoms with Gasteiger partial charge in [-0.05, 0) is 42.7 Å². The molecule has 142 valence electrons. The van der Waals surface area contributed by atoms with Gasteiger partial charge in [0.2, 0.25) is 0 Å². The van der Waals surface area contributed by atoms with Crippen molar-refractivity contribution in [2.75, 3.05) is 7.11 Å². The summed E-state index contributed by atoms with van der Waals surface area (Å²) in [4.78, 5) is 23.2. The number of fused-ring (bicyclic) bond motifs is 2. The lowest BCUT2D eigenvalue weighted by molar-refractivity contribution is -0.136. The van der Waals surface area contributed by atoms with Gasteiger partial charge in [0.25, 0.3) is 0 Å². The Kier molecular flexibility index (Phi) is 4.39. The Hall–Kier alpha value is -3.54. The smallest absolute Gasteiger partial charge is 0.339 e. The van der Waals surface area contributed by atoms with Crippen molar-refractivity contribution in [2.24, 2.45) is 0 Å². The normalized spacial score (nSPS) is 11.2. The Balaban J connectivity index is 1.89. The van der Waals surface area contributed by atoms with Gasteiger partial charge >= 0.3 is 11.6 Å². The molecule has 28 heavy (non-hydrogen) atoms. The maximum atomic E-state index is 12.3. The van der Waals surface area contributed by atoms with Gasteiger partial charge in [-0.15, -0.1) is 0 Å². The van der Waals surface area contributed by atoms with E-state index in [0.717, 1.165) is 33.2 Å². The number of hydrogen-bond acceptors (Lipinski definition) is 5. The Morgan fingerprint density at radius 3 is 2.54 bits per heavy atom. The van der Waals surface area contributed by atoms with E-state index < -0.39 is 11.6 Å². The van der Waals surface area contributed by atoms with Crippen LogP contribution in [0.1, 0.15) is 17.5 Å². The van der Waals surface area contributed by atoms with Gasteiger partial charge in [0, 0.05) is 34.4 Å². The molecule has 0 radical (unpaired) electrons. The van der Waals surface area contributed by atoms with Gasteiger partial charge < -0.3 is 18.7 Å². The SMILES string of the molecule is COc1ccc(-c2coc3cc4oc(=O)c(CCC(=O)O)c(C)c4cc23)cc1. The van der Waals surface area contributed by atoms with E-state index >= 15 is 0 Å². The van der Waals surface area contributed by atoms with Crippen LogP contribution >= 0.6 is 0 Å². The van der Waals surface area contributed by atoms with Gasteiger partial charge in [0.1, 0.15) is 16.9 Å². The summed E-state index contributed by atoms with van der Waals surface area (Å²) in [5.74, 6) is -0.186. The average Bonchev–Trinajstić information content (AvgIpc) is 3.09. The zero-order valence-corrected chi connectivity index (χ0v) is 15.4. The fourth-order valence-electron chi connectivity index (χ4n) is 3.43. The van der Waals surface area contributed by atoms with Crippen molar-refractivity contribution < 1.29 is 23.5 Å². The molecule has 0 amide bonds. The summed E-state index contributed by atoms with van der Waals surface area (Å²) >= 11 is 0. The third-order valence-corrected chi connectivity index (χ3v) is 4.97. The topological polar surface area (TPSA) is 89.9 Å². The number of hydrogen-bond donors (Lipinski definition) is 1. The van der Waals surface area contributed by atoms with E-state index in [-0.39, 0.29) is 12.8 Å². The third-order valence-electron chi connectivity index (χ3n) is 4.97. The highest BCUT2D eigenvalue weighted by molar-refractivity contribution is 6.02. The minimum absolute atomic E-state index is 0.123. The number of carboxylic acids is 1. The van der Waals surface area contributed by atoms with E-state index in [1.807, 2.05) is 37.3 Å². The highest BCUT2D eigenvalue weighted by Gasteiger charge is 2.16. The van der Waals surface area contributed by atoms with Crippen LogP contribution in [-0.4, -0.2) is 18.2 Å². The second-order valence-corrected chi connectivity index (χ2v) is 6.61. The van der Waals surface area contributed by atoms with Gasteiger partial charge in [0.05, 0.1) is 13.4 Å². The zero-order valence-electron chi connectivity index (χ0n) is 15.4. The molecule has 0 atom stereocenters. The molecule has 6 heteroatoms. The maximum absolute atomic E-state index is 12.3. The van der Waals surface area contributed by atoms with Crippen LogP contribution < -0.4 is 10.4 Å². The predicted octanol–water partition coefficient (Wildman–Crippen LogP) is 4.54. The zero-order chi connectivity index (χ0) is 19.8. The minimum atomic E-state index is -0.953. The van der Waals surface area contributed by atoms with Gasteiger partial charge in [-0.2, -0.15) is 0 Å². The summed E-state index contributed by atoms with van der Waals surface area (Å²) in [5, 5.41) is 10.6. The number of aliphatic carboxylic acids is 1. The van der Waals surface area contributed by atoms with Crippen LogP contribution in [0.4, 0.5) is 0 Å². The average molecular weight is 378 g/mol. The molecular formula is C22H18O6. The van der Waals surface area contributed by atoms with E-state index in [0.29, 0.717) is 16.7 Å². The summed E-state index contributed by atoms with van der Waals surface area (Å²) in [5.41, 5.74) is 3.54. The molecule has 6 nitrogen and oxygen atoms in total. The van der Waals surface area contributed by atoms with Crippen LogP contribution in [0.2, 0.25) is 0 Å². The second kappa shape index (κ2) is 6.88. The molecule has 0 spiro atoms. The first kappa shape index (κ1) is 17.9. The number of methoxy groups -OCH3 is 1. The van der Waals surface area contributed by atoms with Gasteiger partial charge in [0.15, 0.2) is 0 Å². The molecule has 4 aromatic rings. The predicted molar refractivity (Wildman–Crippen MR) is 105 cm³/mol. The number of carbonyl (C=O) groups is 1. The molecule has 2 heterocycles. The van der Waals surface area contributed by atoms with Crippen molar-refractivity contribution >= 4 is 27.9 Å². The van der Waals surface area contributed by atoms with Gasteiger partial charge in [-0.1, -0.05) is 12.1 Å². The molecule has 2 aromatic carbocycles. The molecular weight excluding hydrogens is 360 g/mol. The number of carboxylic acid groups (broad SMARTS) is 1. The van der Waals surface area contributed by atoms with Crippen molar-refractivity contribution in [3.63, 3.8) is 0 Å². The molecule has 2 aromatic heterocycles. The molecule has 1 N–H and O–H groups in total. The van der Waals surface area contributed by atoms with E-state index in [4.69, 9.17) is 18.7 Å². The van der Waals surface area contributed by atoms with Crippen molar-refractivity contribution in [1.82, 2.24) is 0 Å². The highest BCUT2D eigenvalue weighted by atomic mass is 16.5. The fraction of sp³-hybridized carbons (Fsp3) is 0.182. The first-order chi connectivity index (χ1) is 13.5. The first-order valence-corrected chi connectivity index (χ1v) is 8.81. The largest absolute Gasteiger partial charge is 0.497 e. The Bertz CT molecular complexity index is 1240. The summed E-state index contributed by atoms with van der Waals surface area (Å²) in [6, 6.07) is 11.3. The van der Waals surface area contributed by atoms with Crippen molar-refractivity contribution in [3.05, 3.63) is 64.2 Å². The Labute approximate surface area is 160 Å². The maximum Gasteiger partial charge on any atom is 0.339 e. The van der Waals surface area contributed by atoms with Gasteiger partial charge in [-0.25, -0.2) is 4.79 Å². The fourth-order valence-corrected chi connectivity index (χ4v) is 3.43. The third kappa shape index (κ3) is 3.03. The first-order valence-electron chi connectivity index (χ1n) is 8.81. The van der Waals surface area contributed by atoms with Crippen LogP contribution in [0.3, 0.4) is 0 Å². The number of ether oxygens (including phenoxy) is 1. The van der Waals surface area contributed by atoms with Crippen LogP contribution in [0, 0.1) is 6.92 Å². The quantitative estimate of drug-likeness (QED) is 0.513. The molecule has 4 rings (SSSR count). The number of aryl methyl sites for hydroxylation is 1. The standard InChI is InChI=1S/C22H18O6/c1-12-15(7-8-21(23)24)22(25)28-20-10-19-17(9-16(12)20)18(11-27-19)13-3-5-14(26-2)6-4-13/h3-6,9-11H,7-8H2,1-2H3,(H,23,24). The lowest BCUT2D eigenvalue weighted by Gasteiger charge is -2.07. The minimum Gasteiger partial charge on any atom is -0.497 e. The molecule has 0 aliphatic heterocycles. The lowest BCUT2D eigenvalue weighted by Crippen LogP contribution is -2.12. The molecule has 0 unspecified atom stereocenters. The van der Waals surface area contributed by atoms with Crippen LogP contribution in [0.15, 0.2) is 56.3 Å². The van der Waals surface area contributed by atoms with Crippen molar-refractivity contribution in [1.29, 1.82) is 0 Å².